The lowest BCUT2D eigenvalue weighted by molar-refractivity contribution is 0.148. The zero-order valence-corrected chi connectivity index (χ0v) is 13.0. The van der Waals surface area contributed by atoms with Crippen molar-refractivity contribution < 1.29 is 5.11 Å². The van der Waals surface area contributed by atoms with Crippen molar-refractivity contribution in [2.24, 2.45) is 5.92 Å². The molecule has 0 amide bonds. The minimum atomic E-state index is -0.762. The monoisotopic (exact) mass is 308 g/mol. The number of aliphatic hydroxyl groups is 1. The molecule has 0 radical (unpaired) electrons. The molecule has 0 spiro atoms. The fraction of sp³-hybridized carbons (Fsp3) is 0.467. The summed E-state index contributed by atoms with van der Waals surface area (Å²) in [7, 11) is 0. The van der Waals surface area contributed by atoms with E-state index in [1.165, 1.54) is 0 Å². The molecule has 0 aliphatic heterocycles. The van der Waals surface area contributed by atoms with Crippen molar-refractivity contribution in [2.45, 2.75) is 26.5 Å². The highest BCUT2D eigenvalue weighted by Crippen LogP contribution is 2.10. The molecule has 1 aromatic carbocycles. The van der Waals surface area contributed by atoms with Gasteiger partial charge < -0.3 is 10.4 Å². The quantitative estimate of drug-likeness (QED) is 0.836. The van der Waals surface area contributed by atoms with Crippen LogP contribution in [0.25, 0.3) is 10.1 Å². The summed E-state index contributed by atoms with van der Waals surface area (Å²) in [4.78, 5) is 24.0. The van der Waals surface area contributed by atoms with Gasteiger partial charge in [0.1, 0.15) is 0 Å². The van der Waals surface area contributed by atoms with Crippen LogP contribution in [-0.2, 0) is 6.54 Å². The zero-order valence-electron chi connectivity index (χ0n) is 12.2. The van der Waals surface area contributed by atoms with Gasteiger partial charge in [-0.1, -0.05) is 37.3 Å². The number of hydrogen-bond acceptors (Lipinski definition) is 5. The zero-order chi connectivity index (χ0) is 15.4. The van der Waals surface area contributed by atoms with Crippen LogP contribution >= 0.6 is 11.3 Å². The van der Waals surface area contributed by atoms with E-state index in [1.807, 2.05) is 0 Å². The lowest BCUT2D eigenvalue weighted by Gasteiger charge is -2.14. The van der Waals surface area contributed by atoms with Crippen LogP contribution in [0.3, 0.4) is 0 Å². The number of rotatable bonds is 6. The number of benzene rings is 1. The Bertz CT molecular complexity index is 721. The summed E-state index contributed by atoms with van der Waals surface area (Å²) in [6, 6.07) is 7.03. The number of aliphatic hydroxyl groups excluding tert-OH is 1. The molecule has 0 aliphatic carbocycles. The molecule has 5 nitrogen and oxygen atoms in total. The summed E-state index contributed by atoms with van der Waals surface area (Å²) in [6.07, 6.45) is -0.762. The van der Waals surface area contributed by atoms with Crippen LogP contribution in [0.15, 0.2) is 33.9 Å². The second-order valence-corrected chi connectivity index (χ2v) is 6.48. The number of hydrogen-bond donors (Lipinski definition) is 2. The minimum Gasteiger partial charge on any atom is -0.390 e. The summed E-state index contributed by atoms with van der Waals surface area (Å²) in [5, 5.41) is 13.6. The van der Waals surface area contributed by atoms with Crippen molar-refractivity contribution in [2.75, 3.05) is 13.1 Å². The van der Waals surface area contributed by atoms with E-state index in [0.717, 1.165) is 22.4 Å². The molecular weight excluding hydrogens is 288 g/mol. The van der Waals surface area contributed by atoms with Crippen LogP contribution in [0.1, 0.15) is 13.8 Å². The van der Waals surface area contributed by atoms with Crippen LogP contribution in [0.5, 0.6) is 0 Å². The van der Waals surface area contributed by atoms with E-state index in [1.54, 1.807) is 24.3 Å². The number of nitrogens with one attached hydrogen (secondary N) is 1. The van der Waals surface area contributed by atoms with E-state index in [0.29, 0.717) is 22.5 Å². The van der Waals surface area contributed by atoms with Gasteiger partial charge in [-0.15, -0.1) is 0 Å². The highest BCUT2D eigenvalue weighted by Gasteiger charge is 2.12. The molecule has 1 unspecified atom stereocenters. The van der Waals surface area contributed by atoms with Crippen molar-refractivity contribution in [3.8, 4) is 0 Å². The third kappa shape index (κ3) is 4.00. The lowest BCUT2D eigenvalue weighted by Crippen LogP contribution is -2.39. The van der Waals surface area contributed by atoms with E-state index in [9.17, 15) is 14.7 Å². The number of aromatic nitrogens is 1. The second kappa shape index (κ2) is 6.98. The average molecular weight is 308 g/mol. The Morgan fingerprint density at radius 1 is 1.24 bits per heavy atom. The molecule has 1 atom stereocenters. The van der Waals surface area contributed by atoms with Crippen LogP contribution < -0.4 is 15.7 Å². The first-order valence-corrected chi connectivity index (χ1v) is 7.82. The molecule has 1 heterocycles. The average Bonchev–Trinajstić information content (AvgIpc) is 2.43. The predicted octanol–water partition coefficient (Wildman–Crippen LogP) is 1.03. The molecule has 1 aromatic heterocycles. The number of fused-ring (bicyclic) bond motifs is 1. The summed E-state index contributed by atoms with van der Waals surface area (Å²) in [6.45, 7) is 5.32. The normalized spacial score (nSPS) is 13.0. The molecule has 2 aromatic rings. The van der Waals surface area contributed by atoms with E-state index in [4.69, 9.17) is 0 Å². The van der Waals surface area contributed by atoms with Crippen molar-refractivity contribution in [1.82, 2.24) is 9.88 Å². The largest absolute Gasteiger partial charge is 0.390 e. The summed E-state index contributed by atoms with van der Waals surface area (Å²) >= 11 is 1.03. The van der Waals surface area contributed by atoms with Crippen LogP contribution in [0, 0.1) is 5.92 Å². The van der Waals surface area contributed by atoms with E-state index < -0.39 is 6.10 Å². The van der Waals surface area contributed by atoms with Gasteiger partial charge in [0.25, 0.3) is 5.56 Å². The Morgan fingerprint density at radius 3 is 2.67 bits per heavy atom. The molecule has 0 saturated heterocycles. The number of nitrogens with zero attached hydrogens (tertiary/aromatic N) is 1. The first-order chi connectivity index (χ1) is 9.99. The standard InChI is InChI=1S/C15H20N2O3S/c1-10(2)7-16-8-11(18)9-17-14(19)12-5-3-4-6-13(12)21-15(17)20/h3-6,10-11,16,18H,7-9H2,1-2H3. The second-order valence-electron chi connectivity index (χ2n) is 5.49. The van der Waals surface area contributed by atoms with E-state index in [-0.39, 0.29) is 17.0 Å². The molecule has 21 heavy (non-hydrogen) atoms. The molecule has 2 rings (SSSR count). The van der Waals surface area contributed by atoms with Crippen LogP contribution in [-0.4, -0.2) is 28.9 Å². The van der Waals surface area contributed by atoms with Gasteiger partial charge in [0.15, 0.2) is 0 Å². The maximum absolute atomic E-state index is 12.3. The summed E-state index contributed by atoms with van der Waals surface area (Å²) < 4.78 is 1.80. The smallest absolute Gasteiger partial charge is 0.310 e. The minimum absolute atomic E-state index is 0.0180. The topological polar surface area (TPSA) is 71.3 Å². The Hall–Kier alpha value is -1.50. The van der Waals surface area contributed by atoms with Gasteiger partial charge in [0, 0.05) is 11.2 Å². The molecule has 0 saturated carbocycles. The summed E-state index contributed by atoms with van der Waals surface area (Å²) in [5.74, 6) is 0.484. The maximum Gasteiger partial charge on any atom is 0.310 e. The van der Waals surface area contributed by atoms with E-state index in [2.05, 4.69) is 19.2 Å². The van der Waals surface area contributed by atoms with Gasteiger partial charge in [0.2, 0.25) is 0 Å². The van der Waals surface area contributed by atoms with Crippen molar-refractivity contribution >= 4 is 21.4 Å². The third-order valence-corrected chi connectivity index (χ3v) is 4.08. The predicted molar refractivity (Wildman–Crippen MR) is 86.1 cm³/mol. The Balaban J connectivity index is 2.18. The molecule has 114 valence electrons. The van der Waals surface area contributed by atoms with Gasteiger partial charge in [-0.05, 0) is 24.6 Å². The first-order valence-electron chi connectivity index (χ1n) is 7.00. The van der Waals surface area contributed by atoms with Gasteiger partial charge in [-0.2, -0.15) is 0 Å². The molecule has 0 bridgehead atoms. The van der Waals surface area contributed by atoms with Gasteiger partial charge in [0.05, 0.1) is 18.0 Å². The molecule has 0 aliphatic rings. The van der Waals surface area contributed by atoms with Crippen LogP contribution in [0.4, 0.5) is 0 Å². The molecule has 6 heteroatoms. The van der Waals surface area contributed by atoms with Crippen LogP contribution in [0.2, 0.25) is 0 Å². The van der Waals surface area contributed by atoms with Crippen molar-refractivity contribution in [1.29, 1.82) is 0 Å². The van der Waals surface area contributed by atoms with Gasteiger partial charge in [-0.3, -0.25) is 14.2 Å². The highest BCUT2D eigenvalue weighted by atomic mass is 32.1. The Labute approximate surface area is 126 Å². The van der Waals surface area contributed by atoms with Gasteiger partial charge in [-0.25, -0.2) is 0 Å². The summed E-state index contributed by atoms with van der Waals surface area (Å²) in [5.41, 5.74) is -0.336. The maximum atomic E-state index is 12.3. The fourth-order valence-electron chi connectivity index (χ4n) is 2.08. The first kappa shape index (κ1) is 15.9. The Morgan fingerprint density at radius 2 is 1.95 bits per heavy atom. The highest BCUT2D eigenvalue weighted by molar-refractivity contribution is 7.16. The van der Waals surface area contributed by atoms with Crippen molar-refractivity contribution in [3.63, 3.8) is 0 Å². The molecular formula is C15H20N2O3S. The lowest BCUT2D eigenvalue weighted by atomic mass is 10.2. The Kier molecular flexibility index (Phi) is 5.27. The SMILES string of the molecule is CC(C)CNCC(O)Cn1c(=O)sc2ccccc2c1=O. The van der Waals surface area contributed by atoms with Gasteiger partial charge >= 0.3 is 4.87 Å². The fourth-order valence-corrected chi connectivity index (χ4v) is 2.95. The molecule has 2 N–H and O–H groups in total. The van der Waals surface area contributed by atoms with Crippen molar-refractivity contribution in [3.05, 3.63) is 44.3 Å². The van der Waals surface area contributed by atoms with E-state index >= 15 is 0 Å². The molecule has 0 fully saturated rings. The third-order valence-electron chi connectivity index (χ3n) is 3.11.